The van der Waals surface area contributed by atoms with E-state index >= 15 is 0 Å². The van der Waals surface area contributed by atoms with Crippen molar-refractivity contribution in [2.75, 3.05) is 7.05 Å². The van der Waals surface area contributed by atoms with Crippen LogP contribution in [0.3, 0.4) is 0 Å². The molecule has 2 heterocycles. The first-order chi connectivity index (χ1) is 37.9. The summed E-state index contributed by atoms with van der Waals surface area (Å²) < 4.78 is 5.96. The van der Waals surface area contributed by atoms with Crippen LogP contribution in [0.5, 0.6) is 5.75 Å². The molecule has 23 nitrogen and oxygen atoms in total. The number of nitrogens with one attached hydrogen (secondary N) is 6. The molecule has 0 aromatic heterocycles. The van der Waals surface area contributed by atoms with E-state index in [0.29, 0.717) is 36.8 Å². The fourth-order valence-electron chi connectivity index (χ4n) is 10.1. The number of nitrogens with zero attached hydrogens (tertiary/aromatic N) is 2. The number of hydrogen-bond acceptors (Lipinski definition) is 14. The number of fused-ring (bicyclic) bond motifs is 2. The Hall–Kier alpha value is -7.40. The molecule has 2 aromatic rings. The van der Waals surface area contributed by atoms with Gasteiger partial charge in [0.1, 0.15) is 66.4 Å². The zero-order valence-corrected chi connectivity index (χ0v) is 46.6. The van der Waals surface area contributed by atoms with Crippen molar-refractivity contribution < 1.29 is 73.1 Å². The number of cyclic esters (lactones) is 1. The van der Waals surface area contributed by atoms with Crippen LogP contribution in [0.15, 0.2) is 66.7 Å². The number of rotatable bonds is 19. The third-order valence-corrected chi connectivity index (χ3v) is 15.0. The summed E-state index contributed by atoms with van der Waals surface area (Å²) in [6, 6.07) is 2.97. The SMILES string of the molecule is CCCC(=O)N[C@@H](Cc1ccc(O)cc1)C(=O)N[C@@H](CCC(=O)N[C@@H]1C(=O)N[C@@H](C[C@H]2C=C[C@H](O)CC2)C(=O)N[C@H]2CC[C@@H](O)N(C2=O)[C@@H](C(C)C)C(=O)N(C)[C@H](Cc2ccccc2)C(=O)N[C@@H]([C@@H](C)CC)C(=O)O[C@H]1C)C(=O)O. The zero-order chi connectivity index (χ0) is 59.0. The van der Waals surface area contributed by atoms with E-state index in [2.05, 4.69) is 31.9 Å². The summed E-state index contributed by atoms with van der Waals surface area (Å²) in [5.41, 5.74) is 1.17. The third kappa shape index (κ3) is 17.5. The average molecular weight is 1120 g/mol. The number of ether oxygens (including phenoxy) is 1. The summed E-state index contributed by atoms with van der Waals surface area (Å²) in [5.74, 6) is -10.8. The minimum Gasteiger partial charge on any atom is -0.508 e. The number of aliphatic hydroxyl groups excluding tert-OH is 2. The highest BCUT2D eigenvalue weighted by Crippen LogP contribution is 2.28. The van der Waals surface area contributed by atoms with Crippen molar-refractivity contribution in [3.63, 3.8) is 0 Å². The summed E-state index contributed by atoms with van der Waals surface area (Å²) in [4.78, 5) is 143. The topological polar surface area (TPSA) is 340 Å². The van der Waals surface area contributed by atoms with Gasteiger partial charge in [-0.05, 0) is 92.9 Å². The van der Waals surface area contributed by atoms with Gasteiger partial charge in [0.05, 0.1) is 6.10 Å². The number of phenolic OH excluding ortho intramolecular Hbond substituents is 1. The van der Waals surface area contributed by atoms with Crippen molar-refractivity contribution in [3.8, 4) is 5.75 Å². The molecule has 8 amide bonds. The first kappa shape index (κ1) is 63.4. The number of carbonyl (C=O) groups excluding carboxylic acids is 9. The van der Waals surface area contributed by atoms with Crippen LogP contribution in [0.1, 0.15) is 117 Å². The minimum absolute atomic E-state index is 0.0403. The molecule has 0 radical (unpaired) electrons. The molecular weight excluding hydrogens is 1040 g/mol. The maximum Gasteiger partial charge on any atom is 0.329 e. The van der Waals surface area contributed by atoms with E-state index < -0.39 is 157 Å². The lowest BCUT2D eigenvalue weighted by Crippen LogP contribution is -2.66. The number of carboxylic acids is 1. The Morgan fingerprint density at radius 2 is 1.45 bits per heavy atom. The fourth-order valence-corrected chi connectivity index (χ4v) is 10.1. The largest absolute Gasteiger partial charge is 0.508 e. The van der Waals surface area contributed by atoms with Crippen molar-refractivity contribution >= 4 is 59.2 Å². The number of hydrogen-bond donors (Lipinski definition) is 10. The molecule has 3 aliphatic rings. The Bertz CT molecular complexity index is 2550. The quantitative estimate of drug-likeness (QED) is 0.0699. The van der Waals surface area contributed by atoms with Crippen LogP contribution in [0.2, 0.25) is 0 Å². The number of likely N-dealkylation sites (N-methyl/N-ethyl adjacent to an activating group) is 1. The first-order valence-corrected chi connectivity index (χ1v) is 27.6. The predicted molar refractivity (Wildman–Crippen MR) is 290 cm³/mol. The molecular formula is C57H80N8O15. The Morgan fingerprint density at radius 1 is 0.762 bits per heavy atom. The lowest BCUT2D eigenvalue weighted by Gasteiger charge is -2.44. The molecule has 0 saturated carbocycles. The molecule has 80 heavy (non-hydrogen) atoms. The van der Waals surface area contributed by atoms with Crippen molar-refractivity contribution in [1.82, 2.24) is 41.7 Å². The zero-order valence-electron chi connectivity index (χ0n) is 46.6. The number of piperidine rings is 1. The van der Waals surface area contributed by atoms with Gasteiger partial charge in [-0.2, -0.15) is 0 Å². The molecule has 2 saturated heterocycles. The normalized spacial score (nSPS) is 26.5. The summed E-state index contributed by atoms with van der Waals surface area (Å²) in [6.07, 6.45) is -0.565. The molecule has 2 aliphatic heterocycles. The van der Waals surface area contributed by atoms with Gasteiger partial charge in [0, 0.05) is 32.7 Å². The number of allylic oxidation sites excluding steroid dienone is 1. The molecule has 0 unspecified atom stereocenters. The van der Waals surface area contributed by atoms with Gasteiger partial charge in [-0.15, -0.1) is 0 Å². The lowest BCUT2D eigenvalue weighted by atomic mass is 9.88. The van der Waals surface area contributed by atoms with Gasteiger partial charge in [-0.1, -0.05) is 95.7 Å². The highest BCUT2D eigenvalue weighted by Gasteiger charge is 2.47. The minimum atomic E-state index is -1.81. The van der Waals surface area contributed by atoms with E-state index in [4.69, 9.17) is 4.74 Å². The number of carboxylic acid groups (broad SMARTS) is 1. The summed E-state index contributed by atoms with van der Waals surface area (Å²) in [5, 5.41) is 57.5. The molecule has 438 valence electrons. The molecule has 1 aliphatic carbocycles. The Kier molecular flexibility index (Phi) is 23.6. The fraction of sp³-hybridized carbons (Fsp3) is 0.579. The summed E-state index contributed by atoms with van der Waals surface area (Å²) in [7, 11) is 1.39. The van der Waals surface area contributed by atoms with Crippen LogP contribution in [-0.2, 0) is 65.5 Å². The summed E-state index contributed by atoms with van der Waals surface area (Å²) >= 11 is 0. The molecule has 10 N–H and O–H groups in total. The molecule has 23 heteroatoms. The molecule has 2 fully saturated rings. The smallest absolute Gasteiger partial charge is 0.329 e. The Labute approximate surface area is 466 Å². The van der Waals surface area contributed by atoms with E-state index in [1.807, 2.05) is 0 Å². The van der Waals surface area contributed by atoms with E-state index in [-0.39, 0.29) is 44.3 Å². The van der Waals surface area contributed by atoms with Crippen LogP contribution in [0, 0.1) is 17.8 Å². The van der Waals surface area contributed by atoms with Gasteiger partial charge in [-0.25, -0.2) is 9.59 Å². The molecule has 2 bridgehead atoms. The number of phenols is 1. The number of amides is 8. The van der Waals surface area contributed by atoms with E-state index in [0.717, 1.165) is 4.90 Å². The maximum atomic E-state index is 14.9. The average Bonchev–Trinajstić information content (AvgIpc) is 3.46. The van der Waals surface area contributed by atoms with E-state index in [1.165, 1.54) is 43.1 Å². The van der Waals surface area contributed by atoms with Gasteiger partial charge in [0.25, 0.3) is 0 Å². The Balaban J connectivity index is 1.52. The van der Waals surface area contributed by atoms with Crippen LogP contribution in [-0.4, -0.2) is 163 Å². The van der Waals surface area contributed by atoms with E-state index in [9.17, 15) is 68.4 Å². The first-order valence-electron chi connectivity index (χ1n) is 27.6. The van der Waals surface area contributed by atoms with Crippen molar-refractivity contribution in [3.05, 3.63) is 77.9 Å². The standard InChI is InChI=1S/C57H80N8O15/c1-8-13-44(68)58-41(28-35-16-20-37(66)21-17-35)50(71)60-40(56(77)78)24-26-45(69)62-48-33(6)80-57(79)47(32(5)9-2)63-52(73)43(30-34-14-11-10-12-15-34)64(7)55(76)49(31(3)4)65-46(70)27-25-39(54(65)75)59-51(72)42(61-53(48)74)29-36-18-22-38(67)23-19-36/h10-12,14-18,20-22,31-33,36,38-43,46-49,66-67,70H,8-9,13,19,23-30H2,1-7H3,(H,58,68)(H,59,72)(H,60,71)(H,61,74)(H,62,69)(H,63,73)(H,77,78)/t32-,33-,36-,38-,39-,40-,41-,42-,43+,46+,47-,48-,49-/m0/s1. The number of aliphatic hydroxyl groups is 2. The van der Waals surface area contributed by atoms with Crippen LogP contribution >= 0.6 is 0 Å². The monoisotopic (exact) mass is 1120 g/mol. The van der Waals surface area contributed by atoms with E-state index in [1.54, 1.807) is 77.1 Å². The highest BCUT2D eigenvalue weighted by molar-refractivity contribution is 5.98. The number of aliphatic carboxylic acids is 1. The highest BCUT2D eigenvalue weighted by atomic mass is 16.5. The second kappa shape index (κ2) is 29.7. The second-order valence-corrected chi connectivity index (χ2v) is 21.5. The molecule has 2 aromatic carbocycles. The summed E-state index contributed by atoms with van der Waals surface area (Å²) in [6.45, 7) is 9.82. The van der Waals surface area contributed by atoms with Crippen molar-refractivity contribution in [2.45, 2.75) is 185 Å². The molecule has 13 atom stereocenters. The van der Waals surface area contributed by atoms with Gasteiger partial charge < -0.3 is 66.9 Å². The number of benzene rings is 2. The second-order valence-electron chi connectivity index (χ2n) is 21.5. The molecule has 0 spiro atoms. The van der Waals surface area contributed by atoms with Gasteiger partial charge >= 0.3 is 11.9 Å². The van der Waals surface area contributed by atoms with Crippen LogP contribution in [0.25, 0.3) is 0 Å². The Morgan fingerprint density at radius 3 is 2.06 bits per heavy atom. The number of esters is 1. The molecule has 5 rings (SSSR count). The predicted octanol–water partition coefficient (Wildman–Crippen LogP) is 1.25. The van der Waals surface area contributed by atoms with Gasteiger partial charge in [0.2, 0.25) is 47.3 Å². The van der Waals surface area contributed by atoms with Crippen LogP contribution < -0.4 is 31.9 Å². The number of aromatic hydroxyl groups is 1. The van der Waals surface area contributed by atoms with Gasteiger partial charge in [-0.3, -0.25) is 38.4 Å². The third-order valence-electron chi connectivity index (χ3n) is 15.0. The van der Waals surface area contributed by atoms with Crippen molar-refractivity contribution in [2.24, 2.45) is 17.8 Å². The maximum absolute atomic E-state index is 14.9. The lowest BCUT2D eigenvalue weighted by molar-refractivity contribution is -0.167. The number of carbonyl (C=O) groups is 10. The van der Waals surface area contributed by atoms with Gasteiger partial charge in [0.15, 0.2) is 0 Å². The van der Waals surface area contributed by atoms with Crippen molar-refractivity contribution in [1.29, 1.82) is 0 Å². The van der Waals surface area contributed by atoms with Crippen LogP contribution in [0.4, 0.5) is 0 Å².